The van der Waals surface area contributed by atoms with Crippen LogP contribution in [0.3, 0.4) is 0 Å². The second kappa shape index (κ2) is 63.9. The molecule has 0 aliphatic heterocycles. The number of nitrogens with one attached hydrogen (secondary N) is 1. The summed E-state index contributed by atoms with van der Waals surface area (Å²) in [5, 5.41) is 23.3. The highest BCUT2D eigenvalue weighted by Gasteiger charge is 2.20. The van der Waals surface area contributed by atoms with Gasteiger partial charge in [-0.25, -0.2) is 0 Å². The maximum absolute atomic E-state index is 12.5. The van der Waals surface area contributed by atoms with Crippen molar-refractivity contribution in [1.29, 1.82) is 0 Å². The first kappa shape index (κ1) is 72.3. The number of aliphatic hydroxyl groups is 2. The first-order chi connectivity index (χ1) is 36.5. The molecule has 2 unspecified atom stereocenters. The zero-order valence-corrected chi connectivity index (χ0v) is 50.1. The molecule has 0 radical (unpaired) electrons. The molecule has 0 saturated carbocycles. The lowest BCUT2D eigenvalue weighted by Crippen LogP contribution is -2.45. The van der Waals surface area contributed by atoms with E-state index in [9.17, 15) is 19.8 Å². The van der Waals surface area contributed by atoms with Gasteiger partial charge in [0.1, 0.15) is 0 Å². The number of hydrogen-bond donors (Lipinski definition) is 3. The number of carbonyl (C=O) groups is 2. The molecule has 0 rings (SSSR count). The van der Waals surface area contributed by atoms with E-state index < -0.39 is 12.1 Å². The zero-order valence-electron chi connectivity index (χ0n) is 50.1. The zero-order chi connectivity index (χ0) is 53.6. The van der Waals surface area contributed by atoms with Crippen molar-refractivity contribution in [3.05, 3.63) is 24.3 Å². The second-order valence-corrected chi connectivity index (χ2v) is 23.2. The Bertz CT molecular complexity index is 1150. The fourth-order valence-corrected chi connectivity index (χ4v) is 10.6. The highest BCUT2D eigenvalue weighted by Crippen LogP contribution is 2.19. The van der Waals surface area contributed by atoms with E-state index in [4.69, 9.17) is 4.74 Å². The number of ether oxygens (including phenoxy) is 1. The Kier molecular flexibility index (Phi) is 62.4. The predicted molar refractivity (Wildman–Crippen MR) is 324 cm³/mol. The Morgan fingerprint density at radius 3 is 1.05 bits per heavy atom. The molecule has 0 fully saturated rings. The lowest BCUT2D eigenvalue weighted by atomic mass is 10.0. The van der Waals surface area contributed by atoms with Gasteiger partial charge in [-0.15, -0.1) is 0 Å². The quantitative estimate of drug-likeness (QED) is 0.0320. The number of rotatable bonds is 63. The third kappa shape index (κ3) is 59.6. The molecule has 0 aliphatic rings. The van der Waals surface area contributed by atoms with Crippen LogP contribution in [0, 0.1) is 0 Å². The van der Waals surface area contributed by atoms with Crippen LogP contribution in [-0.4, -0.2) is 47.4 Å². The van der Waals surface area contributed by atoms with Gasteiger partial charge in [0.25, 0.3) is 0 Å². The average molecular weight is 1040 g/mol. The highest BCUT2D eigenvalue weighted by molar-refractivity contribution is 5.76. The topological polar surface area (TPSA) is 95.9 Å². The number of carbonyl (C=O) groups excluding carboxylic acids is 2. The van der Waals surface area contributed by atoms with E-state index in [-0.39, 0.29) is 18.5 Å². The molecule has 74 heavy (non-hydrogen) atoms. The van der Waals surface area contributed by atoms with Crippen molar-refractivity contribution in [2.75, 3.05) is 13.2 Å². The lowest BCUT2D eigenvalue weighted by Gasteiger charge is -2.22. The van der Waals surface area contributed by atoms with Crippen LogP contribution in [0.4, 0.5) is 0 Å². The van der Waals surface area contributed by atoms with Gasteiger partial charge in [0, 0.05) is 12.8 Å². The molecule has 2 atom stereocenters. The van der Waals surface area contributed by atoms with E-state index in [1.165, 1.54) is 289 Å². The first-order valence-electron chi connectivity index (χ1n) is 33.6. The van der Waals surface area contributed by atoms with Crippen molar-refractivity contribution in [2.24, 2.45) is 0 Å². The summed E-state index contributed by atoms with van der Waals surface area (Å²) in [5.41, 5.74) is 0. The van der Waals surface area contributed by atoms with Crippen LogP contribution in [0.1, 0.15) is 373 Å². The Balaban J connectivity index is 3.36. The normalized spacial score (nSPS) is 12.6. The van der Waals surface area contributed by atoms with E-state index in [0.29, 0.717) is 25.9 Å². The number of aliphatic hydroxyl groups excluding tert-OH is 2. The van der Waals surface area contributed by atoms with E-state index in [0.717, 1.165) is 51.4 Å². The van der Waals surface area contributed by atoms with Crippen molar-refractivity contribution < 1.29 is 24.5 Å². The Morgan fingerprint density at radius 2 is 0.676 bits per heavy atom. The number of esters is 1. The van der Waals surface area contributed by atoms with Crippen LogP contribution < -0.4 is 5.32 Å². The summed E-state index contributed by atoms with van der Waals surface area (Å²) in [4.78, 5) is 24.6. The third-order valence-corrected chi connectivity index (χ3v) is 15.8. The molecule has 0 heterocycles. The van der Waals surface area contributed by atoms with E-state index in [1.807, 2.05) is 0 Å². The van der Waals surface area contributed by atoms with Crippen molar-refractivity contribution in [3.8, 4) is 0 Å². The largest absolute Gasteiger partial charge is 0.466 e. The third-order valence-electron chi connectivity index (χ3n) is 15.8. The second-order valence-electron chi connectivity index (χ2n) is 23.2. The van der Waals surface area contributed by atoms with E-state index >= 15 is 0 Å². The summed E-state index contributed by atoms with van der Waals surface area (Å²) in [6.45, 7) is 4.95. The van der Waals surface area contributed by atoms with Gasteiger partial charge < -0.3 is 20.3 Å². The molecule has 0 saturated heterocycles. The molecule has 3 N–H and O–H groups in total. The van der Waals surface area contributed by atoms with Crippen LogP contribution in [0.5, 0.6) is 0 Å². The molecule has 0 aliphatic carbocycles. The SMILES string of the molecule is CCCCC/C=C\C/C=C\CCCCCCCCCC(=O)OCCCCCCCCCCCCCCCCCCCCCCCCCCC(=O)NC(CO)C(O)CCCCCCCCCCCCCCCCCC. The average Bonchev–Trinajstić information content (AvgIpc) is 3.40. The number of unbranched alkanes of at least 4 members (excludes halogenated alkanes) is 48. The molecular weight excluding hydrogens is 911 g/mol. The van der Waals surface area contributed by atoms with Crippen molar-refractivity contribution >= 4 is 11.9 Å². The summed E-state index contributed by atoms with van der Waals surface area (Å²) in [6, 6.07) is -0.540. The van der Waals surface area contributed by atoms with Gasteiger partial charge in [-0.05, 0) is 57.8 Å². The van der Waals surface area contributed by atoms with Crippen molar-refractivity contribution in [1.82, 2.24) is 5.32 Å². The molecule has 6 nitrogen and oxygen atoms in total. The van der Waals surface area contributed by atoms with Crippen molar-refractivity contribution in [2.45, 2.75) is 386 Å². The maximum atomic E-state index is 12.5. The van der Waals surface area contributed by atoms with E-state index in [1.54, 1.807) is 0 Å². The first-order valence-corrected chi connectivity index (χ1v) is 33.6. The highest BCUT2D eigenvalue weighted by atomic mass is 16.5. The molecule has 0 spiro atoms. The van der Waals surface area contributed by atoms with Crippen LogP contribution in [0.2, 0.25) is 0 Å². The Labute approximate surface area is 462 Å². The lowest BCUT2D eigenvalue weighted by molar-refractivity contribution is -0.143. The van der Waals surface area contributed by atoms with Gasteiger partial charge in [-0.1, -0.05) is 327 Å². The minimum Gasteiger partial charge on any atom is -0.466 e. The van der Waals surface area contributed by atoms with Crippen LogP contribution in [0.25, 0.3) is 0 Å². The summed E-state index contributed by atoms with van der Waals surface area (Å²) < 4.78 is 5.50. The van der Waals surface area contributed by atoms with Crippen LogP contribution in [-0.2, 0) is 14.3 Å². The Hall–Kier alpha value is -1.66. The smallest absolute Gasteiger partial charge is 0.305 e. The van der Waals surface area contributed by atoms with Gasteiger partial charge in [-0.2, -0.15) is 0 Å². The minimum absolute atomic E-state index is 0.00836. The number of amides is 1. The number of allylic oxidation sites excluding steroid dienone is 4. The fourth-order valence-electron chi connectivity index (χ4n) is 10.6. The summed E-state index contributed by atoms with van der Waals surface area (Å²) in [7, 11) is 0. The molecular formula is C68H131NO5. The summed E-state index contributed by atoms with van der Waals surface area (Å²) in [6.07, 6.45) is 79.2. The molecule has 0 bridgehead atoms. The minimum atomic E-state index is -0.663. The molecule has 0 aromatic rings. The molecule has 438 valence electrons. The number of hydrogen-bond acceptors (Lipinski definition) is 5. The predicted octanol–water partition coefficient (Wildman–Crippen LogP) is 21.4. The molecule has 0 aromatic carbocycles. The maximum Gasteiger partial charge on any atom is 0.305 e. The molecule has 6 heteroatoms. The summed E-state index contributed by atoms with van der Waals surface area (Å²) >= 11 is 0. The van der Waals surface area contributed by atoms with Crippen molar-refractivity contribution in [3.63, 3.8) is 0 Å². The monoisotopic (exact) mass is 1040 g/mol. The molecule has 1 amide bonds. The van der Waals surface area contributed by atoms with Gasteiger partial charge in [0.2, 0.25) is 5.91 Å². The summed E-state index contributed by atoms with van der Waals surface area (Å²) in [5.74, 6) is -0.0226. The standard InChI is InChI=1S/C68H131NO5/c1-3-5-7-9-11-13-15-17-19-29-34-38-42-46-50-54-58-62-68(73)74-63-59-55-51-47-43-39-35-31-28-26-24-22-21-23-25-27-30-33-37-41-45-49-53-57-61-67(72)69-65(64-70)66(71)60-56-52-48-44-40-36-32-20-18-16-14-12-10-8-6-4-2/h11,13,17,19,65-66,70-71H,3-10,12,14-16,18,20-64H2,1-2H3,(H,69,72)/b13-11-,19-17-. The van der Waals surface area contributed by atoms with Crippen LogP contribution >= 0.6 is 0 Å². The van der Waals surface area contributed by atoms with Gasteiger partial charge in [-0.3, -0.25) is 9.59 Å². The van der Waals surface area contributed by atoms with E-state index in [2.05, 4.69) is 43.5 Å². The van der Waals surface area contributed by atoms with Crippen LogP contribution in [0.15, 0.2) is 24.3 Å². The van der Waals surface area contributed by atoms with Gasteiger partial charge >= 0.3 is 5.97 Å². The molecule has 0 aromatic heterocycles. The fraction of sp³-hybridized carbons (Fsp3) is 0.912. The van der Waals surface area contributed by atoms with Gasteiger partial charge in [0.05, 0.1) is 25.4 Å². The van der Waals surface area contributed by atoms with Gasteiger partial charge in [0.15, 0.2) is 0 Å². The Morgan fingerprint density at radius 1 is 0.378 bits per heavy atom.